The maximum Gasteiger partial charge on any atom is 0.174 e. The van der Waals surface area contributed by atoms with Crippen LogP contribution in [0.5, 0.6) is 0 Å². The summed E-state index contributed by atoms with van der Waals surface area (Å²) < 4.78 is 14.9. The van der Waals surface area contributed by atoms with E-state index in [9.17, 15) is 0 Å². The number of nitrogens with zero attached hydrogens (tertiary/aromatic N) is 9. The van der Waals surface area contributed by atoms with E-state index in [0.29, 0.717) is 24.7 Å². The van der Waals surface area contributed by atoms with Gasteiger partial charge in [-0.2, -0.15) is 0 Å². The van der Waals surface area contributed by atoms with Gasteiger partial charge in [0.1, 0.15) is 34.0 Å². The highest BCUT2D eigenvalue weighted by molar-refractivity contribution is 7.22. The normalized spacial score (nSPS) is 11.3. The topological polar surface area (TPSA) is 171 Å². The molecule has 15 heteroatoms. The molecule has 0 unspecified atom stereocenters. The number of ether oxygens (including phenoxy) is 2. The number of hydrogen-bond donors (Lipinski definition) is 2. The van der Waals surface area contributed by atoms with E-state index in [2.05, 4.69) is 58.7 Å². The number of nitrogen functional groups attached to an aromatic ring is 2. The fourth-order valence-corrected chi connectivity index (χ4v) is 8.37. The minimum Gasteiger partial charge on any atom is -0.383 e. The summed E-state index contributed by atoms with van der Waals surface area (Å²) in [6, 6.07) is 28.3. The Morgan fingerprint density at radius 1 is 0.636 bits per heavy atom. The lowest BCUT2D eigenvalue weighted by molar-refractivity contribution is -0.110. The third-order valence-electron chi connectivity index (χ3n) is 8.90. The van der Waals surface area contributed by atoms with E-state index < -0.39 is 0 Å². The van der Waals surface area contributed by atoms with Crippen LogP contribution >= 0.6 is 22.7 Å². The maximum absolute atomic E-state index is 6.06. The molecule has 13 nitrogen and oxygen atoms in total. The van der Waals surface area contributed by atoms with E-state index in [1.807, 2.05) is 84.1 Å². The Balaban J connectivity index is 0.000000155. The number of pyridine rings is 1. The molecule has 0 aliphatic rings. The molecule has 0 spiro atoms. The van der Waals surface area contributed by atoms with Gasteiger partial charge in [0.25, 0.3) is 0 Å². The van der Waals surface area contributed by atoms with Crippen molar-refractivity contribution in [2.75, 3.05) is 25.7 Å². The maximum atomic E-state index is 6.06. The van der Waals surface area contributed by atoms with E-state index >= 15 is 0 Å². The summed E-state index contributed by atoms with van der Waals surface area (Å²) in [4.78, 5) is 34.3. The SMILES string of the molecule is COC(Cn1cnc(-c2ccccc2)c1-c1cc2c(N)ncnc2s1)OC.Nc1ncnc2sc(-c3c(-c4ccccc4)ncn3Cc3cccnc3)cc12. The van der Waals surface area contributed by atoms with Crippen LogP contribution in [0.3, 0.4) is 0 Å². The number of benzene rings is 2. The number of imidazole rings is 2. The minimum absolute atomic E-state index is 0.374. The summed E-state index contributed by atoms with van der Waals surface area (Å²) in [6.07, 6.45) is 9.96. The van der Waals surface area contributed by atoms with Crippen LogP contribution in [-0.4, -0.2) is 64.5 Å². The smallest absolute Gasteiger partial charge is 0.174 e. The molecule has 0 aliphatic carbocycles. The van der Waals surface area contributed by atoms with Gasteiger partial charge in [-0.05, 0) is 23.8 Å². The van der Waals surface area contributed by atoms with Gasteiger partial charge in [0.05, 0.1) is 69.0 Å². The number of aromatic nitrogens is 9. The number of fused-ring (bicyclic) bond motifs is 2. The molecule has 0 atom stereocenters. The van der Waals surface area contributed by atoms with Gasteiger partial charge in [0.15, 0.2) is 6.29 Å². The molecule has 274 valence electrons. The van der Waals surface area contributed by atoms with Gasteiger partial charge in [-0.1, -0.05) is 66.7 Å². The minimum atomic E-state index is -0.374. The van der Waals surface area contributed by atoms with Crippen LogP contribution in [0.2, 0.25) is 0 Å². The molecule has 2 aromatic carbocycles. The molecule has 0 radical (unpaired) electrons. The van der Waals surface area contributed by atoms with Crippen LogP contribution in [0.1, 0.15) is 5.56 Å². The van der Waals surface area contributed by atoms with Crippen molar-refractivity contribution in [2.24, 2.45) is 0 Å². The highest BCUT2D eigenvalue weighted by Gasteiger charge is 2.21. The molecule has 0 saturated carbocycles. The second-order valence-electron chi connectivity index (χ2n) is 12.3. The predicted octanol–water partition coefficient (Wildman–Crippen LogP) is 7.67. The number of rotatable bonds is 10. The largest absolute Gasteiger partial charge is 0.383 e. The Labute approximate surface area is 324 Å². The summed E-state index contributed by atoms with van der Waals surface area (Å²) >= 11 is 3.16. The van der Waals surface area contributed by atoms with Crippen LogP contribution in [-0.2, 0) is 22.6 Å². The van der Waals surface area contributed by atoms with E-state index in [0.717, 1.165) is 69.7 Å². The first kappa shape index (κ1) is 35.6. The zero-order chi connectivity index (χ0) is 37.7. The molecule has 55 heavy (non-hydrogen) atoms. The number of methoxy groups -OCH3 is 2. The zero-order valence-corrected chi connectivity index (χ0v) is 31.5. The first-order valence-corrected chi connectivity index (χ1v) is 18.8. The van der Waals surface area contributed by atoms with Crippen molar-refractivity contribution in [3.8, 4) is 43.7 Å². The first-order valence-electron chi connectivity index (χ1n) is 17.2. The van der Waals surface area contributed by atoms with Crippen molar-refractivity contribution in [1.29, 1.82) is 0 Å². The molecular formula is C40H35N11O2S2. The second kappa shape index (κ2) is 15.9. The highest BCUT2D eigenvalue weighted by Crippen LogP contribution is 2.40. The van der Waals surface area contributed by atoms with Crippen LogP contribution in [0.4, 0.5) is 11.6 Å². The summed E-state index contributed by atoms with van der Waals surface area (Å²) in [5.41, 5.74) is 19.1. The van der Waals surface area contributed by atoms with Gasteiger partial charge in [-0.3, -0.25) is 4.98 Å². The predicted molar refractivity (Wildman–Crippen MR) is 218 cm³/mol. The van der Waals surface area contributed by atoms with E-state index in [-0.39, 0.29) is 6.29 Å². The molecule has 4 N–H and O–H groups in total. The van der Waals surface area contributed by atoms with Crippen molar-refractivity contribution >= 4 is 54.7 Å². The Morgan fingerprint density at radius 3 is 1.65 bits per heavy atom. The Kier molecular flexibility index (Phi) is 10.3. The number of nitrogens with two attached hydrogens (primary N) is 2. The Morgan fingerprint density at radius 2 is 1.16 bits per heavy atom. The molecule has 0 amide bonds. The fraction of sp³-hybridized carbons (Fsp3) is 0.125. The van der Waals surface area contributed by atoms with Crippen molar-refractivity contribution < 1.29 is 9.47 Å². The van der Waals surface area contributed by atoms with Gasteiger partial charge < -0.3 is 30.1 Å². The fourth-order valence-electron chi connectivity index (χ4n) is 6.23. The van der Waals surface area contributed by atoms with Crippen LogP contribution in [0.15, 0.2) is 123 Å². The van der Waals surface area contributed by atoms with E-state index in [1.165, 1.54) is 12.7 Å². The van der Waals surface area contributed by atoms with Crippen molar-refractivity contribution in [1.82, 2.24) is 44.0 Å². The van der Waals surface area contributed by atoms with Gasteiger partial charge >= 0.3 is 0 Å². The van der Waals surface area contributed by atoms with Crippen molar-refractivity contribution in [3.63, 3.8) is 0 Å². The quantitative estimate of drug-likeness (QED) is 0.131. The number of thiophene rings is 2. The lowest BCUT2D eigenvalue weighted by Crippen LogP contribution is -2.20. The molecule has 0 aliphatic heterocycles. The molecule has 0 fully saturated rings. The molecule has 9 rings (SSSR count). The van der Waals surface area contributed by atoms with Crippen LogP contribution < -0.4 is 11.5 Å². The summed E-state index contributed by atoms with van der Waals surface area (Å²) in [7, 11) is 3.25. The average molecular weight is 766 g/mol. The first-order chi connectivity index (χ1) is 27.0. The lowest BCUT2D eigenvalue weighted by atomic mass is 10.1. The molecule has 0 saturated heterocycles. The van der Waals surface area contributed by atoms with Crippen LogP contribution in [0.25, 0.3) is 64.1 Å². The van der Waals surface area contributed by atoms with E-state index in [4.69, 9.17) is 25.9 Å². The molecule has 9 aromatic rings. The average Bonchev–Trinajstić information content (AvgIpc) is 4.04. The molecule has 7 heterocycles. The van der Waals surface area contributed by atoms with Gasteiger partial charge in [-0.25, -0.2) is 29.9 Å². The Bertz CT molecular complexity index is 2670. The molecule has 7 aromatic heterocycles. The molecular weight excluding hydrogens is 731 g/mol. The standard InChI is InChI=1S/C21H16N6S.C19H19N5O2S/c22-20-16-9-17(28-21(16)25-12-24-20)19-18(15-6-2-1-3-7-15)26-13-27(19)11-14-5-4-8-23-10-14;1-25-15(26-2)9-24-11-23-16(12-6-4-3-5-7-12)17(24)14-8-13-18(20)21-10-22-19(13)27-14/h1-10,12-13H,11H2,(H2,22,24,25);3-8,10-11,15H,9H2,1-2H3,(H2,20,21,22). The summed E-state index contributed by atoms with van der Waals surface area (Å²) in [6.45, 7) is 1.19. The second-order valence-corrected chi connectivity index (χ2v) is 14.4. The van der Waals surface area contributed by atoms with E-state index in [1.54, 1.807) is 43.1 Å². The molecule has 0 bridgehead atoms. The lowest BCUT2D eigenvalue weighted by Gasteiger charge is -2.16. The van der Waals surface area contributed by atoms with Crippen LogP contribution in [0, 0.1) is 0 Å². The van der Waals surface area contributed by atoms with Crippen molar-refractivity contribution in [3.05, 3.63) is 128 Å². The summed E-state index contributed by atoms with van der Waals surface area (Å²) in [5, 5.41) is 1.72. The summed E-state index contributed by atoms with van der Waals surface area (Å²) in [5.74, 6) is 0.966. The third kappa shape index (κ3) is 7.41. The third-order valence-corrected chi connectivity index (χ3v) is 11.0. The number of hydrogen-bond acceptors (Lipinski definition) is 13. The number of anilines is 2. The van der Waals surface area contributed by atoms with Gasteiger partial charge in [0, 0.05) is 37.7 Å². The Hall–Kier alpha value is -6.39. The van der Waals surface area contributed by atoms with Gasteiger partial charge in [0.2, 0.25) is 0 Å². The van der Waals surface area contributed by atoms with Crippen molar-refractivity contribution in [2.45, 2.75) is 19.4 Å². The highest BCUT2D eigenvalue weighted by atomic mass is 32.1. The zero-order valence-electron chi connectivity index (χ0n) is 29.9. The monoisotopic (exact) mass is 765 g/mol. The van der Waals surface area contributed by atoms with Gasteiger partial charge in [-0.15, -0.1) is 22.7 Å².